The SMILES string of the molecule is [2H]c1c([2H])c([2H])c(Br)c([2H])c1[2H]. The summed E-state index contributed by atoms with van der Waals surface area (Å²) in [7, 11) is 0. The number of halogens is 1. The highest BCUT2D eigenvalue weighted by Crippen LogP contribution is 2.05. The van der Waals surface area contributed by atoms with Crippen molar-refractivity contribution < 1.29 is 6.85 Å². The second-order valence-corrected chi connectivity index (χ2v) is 1.73. The minimum absolute atomic E-state index is 0.105. The normalized spacial score (nSPS) is 18.7. The third-order valence-electron chi connectivity index (χ3n) is 0.469. The van der Waals surface area contributed by atoms with E-state index in [1.807, 2.05) is 0 Å². The summed E-state index contributed by atoms with van der Waals surface area (Å²) in [6, 6.07) is -1.42. The summed E-state index contributed by atoms with van der Waals surface area (Å²) in [6.07, 6.45) is 0. The highest BCUT2D eigenvalue weighted by molar-refractivity contribution is 9.10. The van der Waals surface area contributed by atoms with Crippen molar-refractivity contribution in [2.45, 2.75) is 0 Å². The van der Waals surface area contributed by atoms with Gasteiger partial charge in [0.25, 0.3) is 0 Å². The number of rotatable bonds is 0. The molecule has 0 saturated heterocycles. The van der Waals surface area contributed by atoms with Gasteiger partial charge in [-0.2, -0.15) is 0 Å². The molecule has 0 unspecified atom stereocenters. The van der Waals surface area contributed by atoms with Crippen LogP contribution in [0, 0.1) is 0 Å². The van der Waals surface area contributed by atoms with Crippen LogP contribution >= 0.6 is 15.9 Å². The van der Waals surface area contributed by atoms with Crippen LogP contribution < -0.4 is 0 Å². The molecule has 36 valence electrons. The first kappa shape index (κ1) is 1.59. The molecule has 0 nitrogen and oxygen atoms in total. The summed E-state index contributed by atoms with van der Waals surface area (Å²) in [5.74, 6) is 0. The van der Waals surface area contributed by atoms with E-state index in [1.165, 1.54) is 0 Å². The maximum absolute atomic E-state index is 7.26. The fraction of sp³-hybridized carbons (Fsp3) is 0. The quantitative estimate of drug-likeness (QED) is 0.549. The average molecular weight is 162 g/mol. The van der Waals surface area contributed by atoms with E-state index in [-0.39, 0.29) is 34.7 Å². The van der Waals surface area contributed by atoms with Gasteiger partial charge in [0.15, 0.2) is 0 Å². The van der Waals surface area contributed by atoms with Gasteiger partial charge in [-0.25, -0.2) is 0 Å². The zero-order valence-electron chi connectivity index (χ0n) is 8.38. The molecular weight excluding hydrogens is 152 g/mol. The van der Waals surface area contributed by atoms with Crippen LogP contribution in [0.15, 0.2) is 34.7 Å². The molecule has 1 heteroatoms. The van der Waals surface area contributed by atoms with Crippen molar-refractivity contribution in [2.24, 2.45) is 0 Å². The Balaban J connectivity index is 3.60. The zero-order chi connectivity index (χ0) is 9.46. The maximum atomic E-state index is 7.26. The first-order valence-electron chi connectivity index (χ1n) is 4.19. The van der Waals surface area contributed by atoms with E-state index in [1.54, 1.807) is 0 Å². The molecular formula is C6H5Br. The van der Waals surface area contributed by atoms with Crippen LogP contribution in [-0.2, 0) is 0 Å². The fourth-order valence-corrected chi connectivity index (χ4v) is 0.433. The lowest BCUT2D eigenvalue weighted by molar-refractivity contribution is 1.66. The third-order valence-corrected chi connectivity index (χ3v) is 0.866. The predicted octanol–water partition coefficient (Wildman–Crippen LogP) is 2.45. The van der Waals surface area contributed by atoms with E-state index in [9.17, 15) is 0 Å². The van der Waals surface area contributed by atoms with Crippen LogP contribution in [0.1, 0.15) is 6.85 Å². The van der Waals surface area contributed by atoms with Crippen molar-refractivity contribution in [3.63, 3.8) is 0 Å². The van der Waals surface area contributed by atoms with E-state index >= 15 is 0 Å². The molecule has 0 amide bonds. The molecule has 0 aliphatic rings. The van der Waals surface area contributed by atoms with Crippen molar-refractivity contribution in [3.05, 3.63) is 34.7 Å². The molecule has 0 N–H and O–H groups in total. The van der Waals surface area contributed by atoms with Gasteiger partial charge in [-0.05, 0) is 12.1 Å². The largest absolute Gasteiger partial charge is 0.0635 e. The summed E-state index contributed by atoms with van der Waals surface area (Å²) >= 11 is 2.92. The van der Waals surface area contributed by atoms with Crippen LogP contribution in [0.25, 0.3) is 0 Å². The maximum Gasteiger partial charge on any atom is 0.0635 e. The van der Waals surface area contributed by atoms with Gasteiger partial charge >= 0.3 is 0 Å². The molecule has 0 saturated carbocycles. The molecule has 1 aromatic carbocycles. The van der Waals surface area contributed by atoms with Crippen molar-refractivity contribution in [2.75, 3.05) is 0 Å². The Bertz CT molecular complexity index is 230. The van der Waals surface area contributed by atoms with Gasteiger partial charge in [0.1, 0.15) is 0 Å². The molecule has 0 heterocycles. The molecule has 7 heavy (non-hydrogen) atoms. The van der Waals surface area contributed by atoms with Gasteiger partial charge in [0.05, 0.1) is 6.85 Å². The monoisotopic (exact) mass is 161 g/mol. The van der Waals surface area contributed by atoms with Crippen LogP contribution in [0.3, 0.4) is 0 Å². The lowest BCUT2D eigenvalue weighted by atomic mass is 10.4. The van der Waals surface area contributed by atoms with E-state index in [2.05, 4.69) is 15.9 Å². The smallest absolute Gasteiger partial charge is 0.0622 e. The summed E-state index contributed by atoms with van der Waals surface area (Å²) in [4.78, 5) is 0. The van der Waals surface area contributed by atoms with Crippen molar-refractivity contribution in [1.82, 2.24) is 0 Å². The van der Waals surface area contributed by atoms with Crippen LogP contribution in [-0.4, -0.2) is 0 Å². The van der Waals surface area contributed by atoms with Crippen molar-refractivity contribution in [1.29, 1.82) is 0 Å². The third kappa shape index (κ3) is 1.32. The van der Waals surface area contributed by atoms with E-state index in [0.29, 0.717) is 0 Å². The predicted molar refractivity (Wildman–Crippen MR) is 34.1 cm³/mol. The van der Waals surface area contributed by atoms with E-state index in [4.69, 9.17) is 6.85 Å². The standard InChI is InChI=1S/C6H5Br/c7-6-4-2-1-3-5-6/h1-5H/i1D,2D,3D,4D,5D. The topological polar surface area (TPSA) is 0 Å². The average Bonchev–Trinajstić information content (AvgIpc) is 2.08. The van der Waals surface area contributed by atoms with E-state index < -0.39 is 0 Å². The van der Waals surface area contributed by atoms with Crippen LogP contribution in [0.2, 0.25) is 0 Å². The van der Waals surface area contributed by atoms with E-state index in [0.717, 1.165) is 0 Å². The molecule has 1 aromatic rings. The molecule has 0 bridgehead atoms. The molecule has 0 fully saturated rings. The Morgan fingerprint density at radius 2 is 1.86 bits per heavy atom. The van der Waals surface area contributed by atoms with Crippen molar-refractivity contribution >= 4 is 15.9 Å². The fourth-order valence-electron chi connectivity index (χ4n) is 0.235. The Labute approximate surface area is 58.3 Å². The number of benzene rings is 1. The zero-order valence-corrected chi connectivity index (χ0v) is 4.96. The van der Waals surface area contributed by atoms with Gasteiger partial charge in [0, 0.05) is 4.47 Å². The Kier molecular flexibility index (Phi) is 0.482. The molecule has 0 aliphatic heterocycles. The highest BCUT2D eigenvalue weighted by Gasteiger charge is 1.74. The summed E-state index contributed by atoms with van der Waals surface area (Å²) < 4.78 is 36.2. The second kappa shape index (κ2) is 2.12. The highest BCUT2D eigenvalue weighted by atomic mass is 79.9. The lowest BCUT2D eigenvalue weighted by Gasteiger charge is -1.80. The van der Waals surface area contributed by atoms with Crippen molar-refractivity contribution in [3.8, 4) is 0 Å². The number of hydrogen-bond acceptors (Lipinski definition) is 0. The molecule has 0 aromatic heterocycles. The summed E-state index contributed by atoms with van der Waals surface area (Å²) in [6.45, 7) is 0. The van der Waals surface area contributed by atoms with Gasteiger partial charge in [0.2, 0.25) is 0 Å². The lowest BCUT2D eigenvalue weighted by Crippen LogP contribution is -1.55. The summed E-state index contributed by atoms with van der Waals surface area (Å²) in [5.41, 5.74) is 0. The van der Waals surface area contributed by atoms with Gasteiger partial charge in [-0.1, -0.05) is 34.1 Å². The molecule has 0 atom stereocenters. The first-order chi connectivity index (χ1) is 5.46. The number of hydrogen-bond donors (Lipinski definition) is 0. The molecule has 0 radical (unpaired) electrons. The van der Waals surface area contributed by atoms with Gasteiger partial charge < -0.3 is 0 Å². The Morgan fingerprint density at radius 1 is 1.29 bits per heavy atom. The molecule has 1 rings (SSSR count). The first-order valence-corrected chi connectivity index (χ1v) is 2.48. The minimum atomic E-state index is -0.367. The summed E-state index contributed by atoms with van der Waals surface area (Å²) in [5, 5.41) is 0. The van der Waals surface area contributed by atoms with Gasteiger partial charge in [-0.15, -0.1) is 0 Å². The van der Waals surface area contributed by atoms with Gasteiger partial charge in [-0.3, -0.25) is 0 Å². The minimum Gasteiger partial charge on any atom is -0.0622 e. The van der Waals surface area contributed by atoms with Crippen LogP contribution in [0.5, 0.6) is 0 Å². The Morgan fingerprint density at radius 3 is 2.43 bits per heavy atom. The Hall–Kier alpha value is -0.300. The molecule has 0 aliphatic carbocycles. The van der Waals surface area contributed by atoms with Crippen LogP contribution in [0.4, 0.5) is 0 Å². The molecule has 0 spiro atoms. The second-order valence-electron chi connectivity index (χ2n) is 0.939.